The van der Waals surface area contributed by atoms with Crippen LogP contribution in [0.15, 0.2) is 42.5 Å². The third kappa shape index (κ3) is 3.84. The molecule has 0 amide bonds. The fourth-order valence-electron chi connectivity index (χ4n) is 2.67. The molecular weight excluding hydrogens is 373 g/mol. The molecule has 0 aliphatic rings. The monoisotopic (exact) mass is 389 g/mol. The molecule has 134 valence electrons. The molecule has 1 aromatic heterocycles. The highest BCUT2D eigenvalue weighted by Crippen LogP contribution is 2.27. The van der Waals surface area contributed by atoms with Crippen molar-refractivity contribution >= 4 is 51.8 Å². The number of carboxylic acids is 1. The van der Waals surface area contributed by atoms with E-state index in [9.17, 15) is 4.79 Å². The Morgan fingerprint density at radius 3 is 2.65 bits per heavy atom. The van der Waals surface area contributed by atoms with Crippen LogP contribution in [-0.4, -0.2) is 35.0 Å². The summed E-state index contributed by atoms with van der Waals surface area (Å²) >= 11 is 12.3. The molecule has 0 atom stereocenters. The van der Waals surface area contributed by atoms with E-state index in [-0.39, 0.29) is 0 Å². The third-order valence-electron chi connectivity index (χ3n) is 4.00. The zero-order valence-electron chi connectivity index (χ0n) is 14.3. The minimum atomic E-state index is -1.02. The Kier molecular flexibility index (Phi) is 5.20. The molecule has 7 heteroatoms. The number of rotatable bonds is 5. The maximum Gasteiger partial charge on any atom is 0.328 e. The molecule has 2 aromatic carbocycles. The molecule has 3 rings (SSSR count). The van der Waals surface area contributed by atoms with E-state index in [4.69, 9.17) is 28.3 Å². The molecule has 0 fully saturated rings. The van der Waals surface area contributed by atoms with Gasteiger partial charge in [-0.25, -0.2) is 4.79 Å². The van der Waals surface area contributed by atoms with Gasteiger partial charge in [0, 0.05) is 41.3 Å². The van der Waals surface area contributed by atoms with Gasteiger partial charge >= 0.3 is 5.97 Å². The lowest BCUT2D eigenvalue weighted by atomic mass is 10.1. The molecule has 0 saturated carbocycles. The van der Waals surface area contributed by atoms with Crippen LogP contribution in [0.3, 0.4) is 0 Å². The highest BCUT2D eigenvalue weighted by atomic mass is 35.5. The zero-order valence-corrected chi connectivity index (χ0v) is 15.8. The molecule has 0 saturated heterocycles. The number of benzene rings is 2. The maximum atomic E-state index is 10.9. The first-order chi connectivity index (χ1) is 12.3. The topological polar surface area (TPSA) is 58.4 Å². The normalized spacial score (nSPS) is 11.4. The molecule has 3 aromatic rings. The quantitative estimate of drug-likeness (QED) is 0.650. The van der Waals surface area contributed by atoms with E-state index >= 15 is 0 Å². The van der Waals surface area contributed by atoms with Gasteiger partial charge in [-0.05, 0) is 42.0 Å². The molecule has 0 spiro atoms. The van der Waals surface area contributed by atoms with Gasteiger partial charge in [0.1, 0.15) is 0 Å². The fraction of sp³-hybridized carbons (Fsp3) is 0.158. The number of aliphatic carboxylic acids is 1. The van der Waals surface area contributed by atoms with Crippen molar-refractivity contribution < 1.29 is 9.90 Å². The molecule has 0 aliphatic heterocycles. The smallest absolute Gasteiger partial charge is 0.328 e. The Balaban J connectivity index is 2.12. The van der Waals surface area contributed by atoms with Gasteiger partial charge in [0.15, 0.2) is 0 Å². The Hall–Kier alpha value is -2.50. The van der Waals surface area contributed by atoms with Gasteiger partial charge in [-0.15, -0.1) is 0 Å². The minimum Gasteiger partial charge on any atom is -0.478 e. The van der Waals surface area contributed by atoms with Crippen LogP contribution in [0.4, 0.5) is 5.69 Å². The number of aromatic nitrogens is 2. The summed E-state index contributed by atoms with van der Waals surface area (Å²) in [6, 6.07) is 11.3. The van der Waals surface area contributed by atoms with Crippen molar-refractivity contribution in [2.45, 2.75) is 6.54 Å². The number of halogens is 2. The first-order valence-corrected chi connectivity index (χ1v) is 8.63. The zero-order chi connectivity index (χ0) is 18.8. The summed E-state index contributed by atoms with van der Waals surface area (Å²) in [6.07, 6.45) is 2.58. The Morgan fingerprint density at radius 1 is 1.23 bits per heavy atom. The van der Waals surface area contributed by atoms with Crippen molar-refractivity contribution in [2.24, 2.45) is 0 Å². The van der Waals surface area contributed by atoms with E-state index in [1.54, 1.807) is 12.1 Å². The summed E-state index contributed by atoms with van der Waals surface area (Å²) in [4.78, 5) is 12.9. The van der Waals surface area contributed by atoms with E-state index in [1.165, 1.54) is 6.08 Å². The van der Waals surface area contributed by atoms with Crippen molar-refractivity contribution in [3.8, 4) is 0 Å². The Morgan fingerprint density at radius 2 is 2.00 bits per heavy atom. The number of carboxylic acid groups (broad SMARTS) is 1. The van der Waals surface area contributed by atoms with Crippen LogP contribution in [0.1, 0.15) is 11.3 Å². The van der Waals surface area contributed by atoms with E-state index in [1.807, 2.05) is 47.9 Å². The predicted octanol–water partition coefficient (Wildman–Crippen LogP) is 4.56. The summed E-state index contributed by atoms with van der Waals surface area (Å²) < 4.78 is 1.82. The first-order valence-electron chi connectivity index (χ1n) is 7.88. The lowest BCUT2D eigenvalue weighted by Crippen LogP contribution is -2.09. The minimum absolute atomic E-state index is 0.449. The SMILES string of the molecule is CN(C)c1ccc2c(C=CC(=O)O)nn(Cc3ccc(Cl)cc3Cl)c2c1. The molecule has 1 heterocycles. The second-order valence-electron chi connectivity index (χ2n) is 6.05. The average Bonchev–Trinajstić information content (AvgIpc) is 2.92. The number of anilines is 1. The molecule has 0 radical (unpaired) electrons. The van der Waals surface area contributed by atoms with Crippen LogP contribution in [0.25, 0.3) is 17.0 Å². The van der Waals surface area contributed by atoms with Crippen LogP contribution in [0.2, 0.25) is 10.0 Å². The summed E-state index contributed by atoms with van der Waals surface area (Å²) in [5.41, 5.74) is 3.39. The first kappa shape index (κ1) is 18.3. The maximum absolute atomic E-state index is 10.9. The number of nitrogens with zero attached hydrogens (tertiary/aromatic N) is 3. The number of hydrogen-bond acceptors (Lipinski definition) is 3. The molecule has 0 bridgehead atoms. The molecule has 5 nitrogen and oxygen atoms in total. The molecular formula is C19H17Cl2N3O2. The van der Waals surface area contributed by atoms with E-state index in [0.29, 0.717) is 22.3 Å². The summed E-state index contributed by atoms with van der Waals surface area (Å²) in [5.74, 6) is -1.02. The van der Waals surface area contributed by atoms with Gasteiger partial charge in [-0.3, -0.25) is 4.68 Å². The van der Waals surface area contributed by atoms with Crippen molar-refractivity contribution in [2.75, 3.05) is 19.0 Å². The average molecular weight is 390 g/mol. The predicted molar refractivity (Wildman–Crippen MR) is 106 cm³/mol. The molecule has 0 unspecified atom stereocenters. The molecule has 26 heavy (non-hydrogen) atoms. The van der Waals surface area contributed by atoms with E-state index in [2.05, 4.69) is 5.10 Å². The van der Waals surface area contributed by atoms with Crippen LogP contribution >= 0.6 is 23.2 Å². The van der Waals surface area contributed by atoms with Crippen molar-refractivity contribution in [3.63, 3.8) is 0 Å². The Bertz CT molecular complexity index is 1010. The highest BCUT2D eigenvalue weighted by Gasteiger charge is 2.12. The van der Waals surface area contributed by atoms with Gasteiger partial charge in [0.25, 0.3) is 0 Å². The summed E-state index contributed by atoms with van der Waals surface area (Å²) in [5, 5.41) is 15.5. The highest BCUT2D eigenvalue weighted by molar-refractivity contribution is 6.35. The van der Waals surface area contributed by atoms with Crippen LogP contribution < -0.4 is 4.90 Å². The number of carbonyl (C=O) groups is 1. The fourth-order valence-corrected chi connectivity index (χ4v) is 3.14. The number of hydrogen-bond donors (Lipinski definition) is 1. The Labute approximate surface area is 161 Å². The van der Waals surface area contributed by atoms with Gasteiger partial charge < -0.3 is 10.0 Å². The second-order valence-corrected chi connectivity index (χ2v) is 6.89. The largest absolute Gasteiger partial charge is 0.478 e. The molecule has 0 aliphatic carbocycles. The van der Waals surface area contributed by atoms with E-state index < -0.39 is 5.97 Å². The third-order valence-corrected chi connectivity index (χ3v) is 4.59. The van der Waals surface area contributed by atoms with Crippen LogP contribution in [0, 0.1) is 0 Å². The molecule has 1 N–H and O–H groups in total. The lowest BCUT2D eigenvalue weighted by molar-refractivity contribution is -0.131. The number of fused-ring (bicyclic) bond motifs is 1. The van der Waals surface area contributed by atoms with Crippen LogP contribution in [0.5, 0.6) is 0 Å². The van der Waals surface area contributed by atoms with Gasteiger partial charge in [-0.1, -0.05) is 29.3 Å². The van der Waals surface area contributed by atoms with E-state index in [0.717, 1.165) is 28.2 Å². The van der Waals surface area contributed by atoms with Crippen molar-refractivity contribution in [1.82, 2.24) is 9.78 Å². The van der Waals surface area contributed by atoms with Gasteiger partial charge in [0.05, 0.1) is 17.8 Å². The standard InChI is InChI=1S/C19H17Cl2N3O2/c1-23(2)14-5-6-15-17(7-8-19(25)26)22-24(18(15)10-14)11-12-3-4-13(20)9-16(12)21/h3-10H,11H2,1-2H3,(H,25,26). The summed E-state index contributed by atoms with van der Waals surface area (Å²) in [6.45, 7) is 0.449. The lowest BCUT2D eigenvalue weighted by Gasteiger charge is -2.13. The summed E-state index contributed by atoms with van der Waals surface area (Å²) in [7, 11) is 3.92. The van der Waals surface area contributed by atoms with Crippen molar-refractivity contribution in [3.05, 3.63) is 63.8 Å². The van der Waals surface area contributed by atoms with Crippen LogP contribution in [-0.2, 0) is 11.3 Å². The van der Waals surface area contributed by atoms with Gasteiger partial charge in [0.2, 0.25) is 0 Å². The van der Waals surface area contributed by atoms with Gasteiger partial charge in [-0.2, -0.15) is 5.10 Å². The second kappa shape index (κ2) is 7.40. The van der Waals surface area contributed by atoms with Crippen molar-refractivity contribution in [1.29, 1.82) is 0 Å².